The SMILES string of the molecule is CCCNC(c1ccc(Br)s1)C1CCOC2(CCSC2)C1. The lowest BCUT2D eigenvalue weighted by Gasteiger charge is -2.41. The minimum absolute atomic E-state index is 0.175. The third-order valence-corrected chi connectivity index (χ3v) is 7.51. The van der Waals surface area contributed by atoms with Crippen molar-refractivity contribution in [1.29, 1.82) is 0 Å². The summed E-state index contributed by atoms with van der Waals surface area (Å²) in [6.45, 7) is 4.27. The second-order valence-electron chi connectivity index (χ2n) is 6.16. The average molecular weight is 390 g/mol. The number of hydrogen-bond donors (Lipinski definition) is 1. The molecule has 3 unspecified atom stereocenters. The first kappa shape index (κ1) is 16.3. The fraction of sp³-hybridized carbons (Fsp3) is 0.750. The van der Waals surface area contributed by atoms with Gasteiger partial charge in [0, 0.05) is 23.3 Å². The van der Waals surface area contributed by atoms with Crippen molar-refractivity contribution in [1.82, 2.24) is 5.32 Å². The molecule has 2 fully saturated rings. The molecule has 2 saturated heterocycles. The van der Waals surface area contributed by atoms with Gasteiger partial charge in [-0.3, -0.25) is 0 Å². The van der Waals surface area contributed by atoms with Crippen LogP contribution in [0.1, 0.15) is 43.5 Å². The van der Waals surface area contributed by atoms with E-state index < -0.39 is 0 Å². The maximum atomic E-state index is 6.20. The molecule has 2 aliphatic rings. The van der Waals surface area contributed by atoms with E-state index in [0.717, 1.165) is 13.2 Å². The molecule has 1 spiro atoms. The summed E-state index contributed by atoms with van der Waals surface area (Å²) in [5.41, 5.74) is 0.175. The summed E-state index contributed by atoms with van der Waals surface area (Å²) in [5, 5.41) is 3.80. The van der Waals surface area contributed by atoms with Crippen molar-refractivity contribution < 1.29 is 4.74 Å². The second-order valence-corrected chi connectivity index (χ2v) is 9.76. The lowest BCUT2D eigenvalue weighted by Crippen LogP contribution is -2.43. The van der Waals surface area contributed by atoms with Crippen molar-refractivity contribution in [2.45, 2.75) is 44.2 Å². The monoisotopic (exact) mass is 389 g/mol. The smallest absolute Gasteiger partial charge is 0.0783 e. The largest absolute Gasteiger partial charge is 0.374 e. The zero-order valence-electron chi connectivity index (χ0n) is 12.6. The Hall–Kier alpha value is 0.450. The summed E-state index contributed by atoms with van der Waals surface area (Å²) >= 11 is 7.55. The molecule has 5 heteroatoms. The lowest BCUT2D eigenvalue weighted by molar-refractivity contribution is -0.0852. The molecule has 1 N–H and O–H groups in total. The third kappa shape index (κ3) is 3.86. The van der Waals surface area contributed by atoms with Gasteiger partial charge in [0.05, 0.1) is 9.39 Å². The molecule has 2 nitrogen and oxygen atoms in total. The minimum atomic E-state index is 0.175. The second kappa shape index (κ2) is 7.35. The molecular formula is C16H24BrNOS2. The molecule has 3 heterocycles. The zero-order valence-corrected chi connectivity index (χ0v) is 15.8. The van der Waals surface area contributed by atoms with E-state index >= 15 is 0 Å². The van der Waals surface area contributed by atoms with E-state index in [1.165, 1.54) is 45.9 Å². The highest BCUT2D eigenvalue weighted by Crippen LogP contribution is 2.45. The van der Waals surface area contributed by atoms with Gasteiger partial charge in [-0.15, -0.1) is 11.3 Å². The van der Waals surface area contributed by atoms with Gasteiger partial charge in [0.2, 0.25) is 0 Å². The molecule has 1 aromatic rings. The predicted molar refractivity (Wildman–Crippen MR) is 96.4 cm³/mol. The molecule has 0 saturated carbocycles. The van der Waals surface area contributed by atoms with E-state index in [1.807, 2.05) is 11.3 Å². The Morgan fingerprint density at radius 3 is 3.10 bits per heavy atom. The van der Waals surface area contributed by atoms with Crippen LogP contribution >= 0.6 is 39.0 Å². The first-order chi connectivity index (χ1) is 10.2. The van der Waals surface area contributed by atoms with Gasteiger partial charge in [0.15, 0.2) is 0 Å². The number of thiophene rings is 1. The Bertz CT molecular complexity index is 459. The fourth-order valence-corrected chi connectivity index (χ4v) is 6.48. The van der Waals surface area contributed by atoms with Crippen LogP contribution in [0.5, 0.6) is 0 Å². The van der Waals surface area contributed by atoms with Crippen molar-refractivity contribution in [3.63, 3.8) is 0 Å². The highest BCUT2D eigenvalue weighted by Gasteiger charge is 2.42. The normalized spacial score (nSPS) is 30.9. The van der Waals surface area contributed by atoms with E-state index in [2.05, 4.69) is 52.1 Å². The number of hydrogen-bond acceptors (Lipinski definition) is 4. The molecule has 2 aliphatic heterocycles. The first-order valence-corrected chi connectivity index (χ1v) is 10.7. The van der Waals surface area contributed by atoms with Crippen molar-refractivity contribution in [2.24, 2.45) is 5.92 Å². The highest BCUT2D eigenvalue weighted by atomic mass is 79.9. The molecule has 0 bridgehead atoms. The third-order valence-electron chi connectivity index (χ3n) is 4.58. The highest BCUT2D eigenvalue weighted by molar-refractivity contribution is 9.11. The number of halogens is 1. The molecule has 21 heavy (non-hydrogen) atoms. The van der Waals surface area contributed by atoms with Gasteiger partial charge in [-0.1, -0.05) is 6.92 Å². The van der Waals surface area contributed by atoms with E-state index in [4.69, 9.17) is 4.74 Å². The van der Waals surface area contributed by atoms with E-state index in [0.29, 0.717) is 12.0 Å². The Morgan fingerprint density at radius 1 is 1.52 bits per heavy atom. The quantitative estimate of drug-likeness (QED) is 0.776. The molecule has 0 aromatic carbocycles. The summed E-state index contributed by atoms with van der Waals surface area (Å²) < 4.78 is 7.43. The summed E-state index contributed by atoms with van der Waals surface area (Å²) in [4.78, 5) is 1.48. The van der Waals surface area contributed by atoms with Crippen molar-refractivity contribution in [3.05, 3.63) is 20.8 Å². The van der Waals surface area contributed by atoms with Crippen LogP contribution in [0.2, 0.25) is 0 Å². The predicted octanol–water partition coefficient (Wildman–Crippen LogP) is 4.85. The van der Waals surface area contributed by atoms with Gasteiger partial charge in [0.1, 0.15) is 0 Å². The zero-order chi connectivity index (χ0) is 14.7. The van der Waals surface area contributed by atoms with Gasteiger partial charge in [-0.25, -0.2) is 0 Å². The Morgan fingerprint density at radius 2 is 2.43 bits per heavy atom. The maximum Gasteiger partial charge on any atom is 0.0783 e. The Kier molecular flexibility index (Phi) is 5.71. The number of nitrogens with one attached hydrogen (secondary N) is 1. The number of ether oxygens (including phenoxy) is 1. The topological polar surface area (TPSA) is 21.3 Å². The van der Waals surface area contributed by atoms with Crippen LogP contribution in [0.3, 0.4) is 0 Å². The summed E-state index contributed by atoms with van der Waals surface area (Å²) in [5.74, 6) is 3.16. The van der Waals surface area contributed by atoms with Crippen LogP contribution in [0, 0.1) is 5.92 Å². The summed E-state index contributed by atoms with van der Waals surface area (Å²) in [7, 11) is 0. The maximum absolute atomic E-state index is 6.20. The van der Waals surface area contributed by atoms with Crippen LogP contribution in [0.15, 0.2) is 15.9 Å². The molecule has 118 valence electrons. The van der Waals surface area contributed by atoms with Crippen LogP contribution < -0.4 is 5.32 Å². The minimum Gasteiger partial charge on any atom is -0.374 e. The van der Waals surface area contributed by atoms with Crippen LogP contribution in [0.25, 0.3) is 0 Å². The number of thioether (sulfide) groups is 1. The van der Waals surface area contributed by atoms with Crippen molar-refractivity contribution >= 4 is 39.0 Å². The molecule has 3 rings (SSSR count). The number of rotatable bonds is 5. The van der Waals surface area contributed by atoms with Crippen LogP contribution in [-0.2, 0) is 4.74 Å². The molecule has 1 aromatic heterocycles. The van der Waals surface area contributed by atoms with Crippen LogP contribution in [-0.4, -0.2) is 30.3 Å². The van der Waals surface area contributed by atoms with Crippen LogP contribution in [0.4, 0.5) is 0 Å². The Labute approximate surface area is 144 Å². The Balaban J connectivity index is 1.75. The molecular weight excluding hydrogens is 366 g/mol. The molecule has 0 aliphatic carbocycles. The fourth-order valence-electron chi connectivity index (χ4n) is 3.51. The first-order valence-electron chi connectivity index (χ1n) is 7.93. The lowest BCUT2D eigenvalue weighted by atomic mass is 9.80. The van der Waals surface area contributed by atoms with E-state index in [1.54, 1.807) is 0 Å². The van der Waals surface area contributed by atoms with Gasteiger partial charge in [-0.05, 0) is 72.0 Å². The van der Waals surface area contributed by atoms with E-state index in [-0.39, 0.29) is 5.60 Å². The standard InChI is InChI=1S/C16H24BrNOS2/c1-2-7-18-15(13-3-4-14(17)21-13)12-5-8-19-16(10-12)6-9-20-11-16/h3-4,12,15,18H,2,5-11H2,1H3. The van der Waals surface area contributed by atoms with Gasteiger partial charge < -0.3 is 10.1 Å². The van der Waals surface area contributed by atoms with Crippen molar-refractivity contribution in [3.8, 4) is 0 Å². The average Bonchev–Trinajstić information content (AvgIpc) is 3.10. The summed E-state index contributed by atoms with van der Waals surface area (Å²) in [6, 6.07) is 4.96. The van der Waals surface area contributed by atoms with Gasteiger partial charge in [-0.2, -0.15) is 11.8 Å². The van der Waals surface area contributed by atoms with E-state index in [9.17, 15) is 0 Å². The summed E-state index contributed by atoms with van der Waals surface area (Å²) in [6.07, 6.45) is 4.83. The molecule has 0 radical (unpaired) electrons. The van der Waals surface area contributed by atoms with Gasteiger partial charge in [0.25, 0.3) is 0 Å². The van der Waals surface area contributed by atoms with Gasteiger partial charge >= 0.3 is 0 Å². The molecule has 0 amide bonds. The van der Waals surface area contributed by atoms with Crippen molar-refractivity contribution in [2.75, 3.05) is 24.7 Å². The molecule has 3 atom stereocenters.